The average Bonchev–Trinajstić information content (AvgIpc) is 2.02. The minimum Gasteiger partial charge on any atom is -0.481 e. The topological polar surface area (TPSA) is 86.6 Å². The molecule has 0 radical (unpaired) electrons. The second-order valence-corrected chi connectivity index (χ2v) is 3.84. The number of aliphatic hydroxyl groups excluding tert-OH is 1. The van der Waals surface area contributed by atoms with Gasteiger partial charge >= 0.3 is 5.97 Å². The molecule has 0 aromatic heterocycles. The maximum atomic E-state index is 11.2. The molecule has 0 aliphatic heterocycles. The Morgan fingerprint density at radius 2 is 1.86 bits per heavy atom. The first kappa shape index (κ1) is 12.9. The summed E-state index contributed by atoms with van der Waals surface area (Å²) in [5.74, 6) is -1.13. The molecular formula is C9H17NO4. The number of carbonyl (C=O) groups is 2. The molecule has 1 amide bonds. The Morgan fingerprint density at radius 1 is 1.29 bits per heavy atom. The van der Waals surface area contributed by atoms with Crippen LogP contribution in [0.4, 0.5) is 0 Å². The van der Waals surface area contributed by atoms with Crippen LogP contribution in [-0.4, -0.2) is 34.2 Å². The Labute approximate surface area is 83.1 Å². The van der Waals surface area contributed by atoms with Gasteiger partial charge in [0, 0.05) is 12.8 Å². The highest BCUT2D eigenvalue weighted by Gasteiger charge is 2.18. The van der Waals surface area contributed by atoms with Gasteiger partial charge in [0.2, 0.25) is 5.91 Å². The van der Waals surface area contributed by atoms with Crippen LogP contribution in [0.15, 0.2) is 0 Å². The van der Waals surface area contributed by atoms with Gasteiger partial charge in [-0.1, -0.05) is 0 Å². The molecule has 5 nitrogen and oxygen atoms in total. The number of hydrogen-bond donors (Lipinski definition) is 3. The van der Waals surface area contributed by atoms with Crippen LogP contribution in [0, 0.1) is 0 Å². The summed E-state index contributed by atoms with van der Waals surface area (Å²) in [6, 6.07) is 0. The summed E-state index contributed by atoms with van der Waals surface area (Å²) < 4.78 is 0. The van der Waals surface area contributed by atoms with Crippen molar-refractivity contribution in [2.24, 2.45) is 0 Å². The predicted octanol–water partition coefficient (Wildman–Crippen LogP) is 0.128. The zero-order valence-electron chi connectivity index (χ0n) is 8.54. The molecule has 0 aliphatic carbocycles. The van der Waals surface area contributed by atoms with E-state index in [1.807, 2.05) is 0 Å². The van der Waals surface area contributed by atoms with Crippen molar-refractivity contribution < 1.29 is 19.8 Å². The summed E-state index contributed by atoms with van der Waals surface area (Å²) in [5.41, 5.74) is -0.639. The zero-order chi connectivity index (χ0) is 11.2. The molecular weight excluding hydrogens is 186 g/mol. The SMILES string of the molecule is CC(C)(CO)NC(=O)CCCC(=O)O. The minimum atomic E-state index is -0.904. The lowest BCUT2D eigenvalue weighted by atomic mass is 10.1. The molecule has 0 heterocycles. The number of carboxylic acids is 1. The summed E-state index contributed by atoms with van der Waals surface area (Å²) in [5, 5.41) is 19.8. The fraction of sp³-hybridized carbons (Fsp3) is 0.778. The van der Waals surface area contributed by atoms with Gasteiger partial charge in [-0.3, -0.25) is 9.59 Å². The molecule has 3 N–H and O–H groups in total. The number of aliphatic hydroxyl groups is 1. The van der Waals surface area contributed by atoms with Crippen molar-refractivity contribution in [3.63, 3.8) is 0 Å². The molecule has 0 atom stereocenters. The summed E-state index contributed by atoms with van der Waals surface area (Å²) >= 11 is 0. The number of carboxylic acid groups (broad SMARTS) is 1. The van der Waals surface area contributed by atoms with E-state index in [0.29, 0.717) is 6.42 Å². The van der Waals surface area contributed by atoms with Crippen molar-refractivity contribution >= 4 is 11.9 Å². The second kappa shape index (κ2) is 5.59. The van der Waals surface area contributed by atoms with E-state index >= 15 is 0 Å². The second-order valence-electron chi connectivity index (χ2n) is 3.84. The fourth-order valence-electron chi connectivity index (χ4n) is 0.880. The highest BCUT2D eigenvalue weighted by molar-refractivity contribution is 5.77. The predicted molar refractivity (Wildman–Crippen MR) is 50.8 cm³/mol. The Balaban J connectivity index is 3.71. The highest BCUT2D eigenvalue weighted by atomic mass is 16.4. The van der Waals surface area contributed by atoms with Crippen molar-refractivity contribution in [2.45, 2.75) is 38.6 Å². The van der Waals surface area contributed by atoms with E-state index in [-0.39, 0.29) is 25.4 Å². The van der Waals surface area contributed by atoms with Gasteiger partial charge in [-0.15, -0.1) is 0 Å². The minimum absolute atomic E-state index is 0.00697. The number of hydrogen-bond acceptors (Lipinski definition) is 3. The Morgan fingerprint density at radius 3 is 2.29 bits per heavy atom. The average molecular weight is 203 g/mol. The van der Waals surface area contributed by atoms with Gasteiger partial charge in [-0.05, 0) is 20.3 Å². The standard InChI is InChI=1S/C9H17NO4/c1-9(2,6-11)10-7(12)4-3-5-8(13)14/h11H,3-6H2,1-2H3,(H,10,12)(H,13,14). The maximum absolute atomic E-state index is 11.2. The normalized spacial score (nSPS) is 11.1. The summed E-state index contributed by atoms with van der Waals surface area (Å²) in [6.45, 7) is 3.25. The van der Waals surface area contributed by atoms with Gasteiger partial charge in [-0.25, -0.2) is 0 Å². The Hall–Kier alpha value is -1.10. The van der Waals surface area contributed by atoms with Crippen molar-refractivity contribution in [1.82, 2.24) is 5.32 Å². The summed E-state index contributed by atoms with van der Waals surface area (Å²) in [7, 11) is 0. The zero-order valence-corrected chi connectivity index (χ0v) is 8.54. The molecule has 82 valence electrons. The van der Waals surface area contributed by atoms with Gasteiger partial charge in [-0.2, -0.15) is 0 Å². The first-order chi connectivity index (χ1) is 6.37. The Kier molecular flexibility index (Phi) is 5.15. The van der Waals surface area contributed by atoms with Gasteiger partial charge in [0.05, 0.1) is 12.1 Å². The quantitative estimate of drug-likeness (QED) is 0.572. The first-order valence-electron chi connectivity index (χ1n) is 4.51. The molecule has 14 heavy (non-hydrogen) atoms. The number of amides is 1. The van der Waals surface area contributed by atoms with E-state index in [1.165, 1.54) is 0 Å². The van der Waals surface area contributed by atoms with Gasteiger partial charge in [0.15, 0.2) is 0 Å². The maximum Gasteiger partial charge on any atom is 0.303 e. The smallest absolute Gasteiger partial charge is 0.303 e. The lowest BCUT2D eigenvalue weighted by molar-refractivity contribution is -0.137. The van der Waals surface area contributed by atoms with E-state index < -0.39 is 11.5 Å². The van der Waals surface area contributed by atoms with Gasteiger partial charge in [0.1, 0.15) is 0 Å². The van der Waals surface area contributed by atoms with Gasteiger partial charge < -0.3 is 15.5 Å². The van der Waals surface area contributed by atoms with Crippen molar-refractivity contribution in [3.05, 3.63) is 0 Å². The van der Waals surface area contributed by atoms with E-state index in [1.54, 1.807) is 13.8 Å². The third-order valence-electron chi connectivity index (χ3n) is 1.67. The molecule has 0 spiro atoms. The molecule has 0 saturated heterocycles. The monoisotopic (exact) mass is 203 g/mol. The van der Waals surface area contributed by atoms with E-state index in [4.69, 9.17) is 10.2 Å². The molecule has 0 saturated carbocycles. The van der Waals surface area contributed by atoms with E-state index in [2.05, 4.69) is 5.32 Å². The number of carbonyl (C=O) groups excluding carboxylic acids is 1. The van der Waals surface area contributed by atoms with Crippen LogP contribution >= 0.6 is 0 Å². The molecule has 0 aromatic rings. The van der Waals surface area contributed by atoms with Crippen LogP contribution < -0.4 is 5.32 Å². The van der Waals surface area contributed by atoms with Crippen LogP contribution in [0.1, 0.15) is 33.1 Å². The number of rotatable bonds is 6. The lowest BCUT2D eigenvalue weighted by Gasteiger charge is -2.23. The van der Waals surface area contributed by atoms with Crippen LogP contribution in [0.2, 0.25) is 0 Å². The lowest BCUT2D eigenvalue weighted by Crippen LogP contribution is -2.46. The van der Waals surface area contributed by atoms with E-state index in [0.717, 1.165) is 0 Å². The molecule has 0 aromatic carbocycles. The van der Waals surface area contributed by atoms with Crippen LogP contribution in [-0.2, 0) is 9.59 Å². The first-order valence-corrected chi connectivity index (χ1v) is 4.51. The molecule has 0 aliphatic rings. The summed E-state index contributed by atoms with van der Waals surface area (Å²) in [6.07, 6.45) is 0.491. The molecule has 0 unspecified atom stereocenters. The molecule has 0 bridgehead atoms. The molecule has 0 rings (SSSR count). The fourth-order valence-corrected chi connectivity index (χ4v) is 0.880. The van der Waals surface area contributed by atoms with Gasteiger partial charge in [0.25, 0.3) is 0 Å². The van der Waals surface area contributed by atoms with Crippen LogP contribution in [0.25, 0.3) is 0 Å². The van der Waals surface area contributed by atoms with Crippen LogP contribution in [0.3, 0.4) is 0 Å². The van der Waals surface area contributed by atoms with Crippen molar-refractivity contribution in [1.29, 1.82) is 0 Å². The number of aliphatic carboxylic acids is 1. The number of nitrogens with one attached hydrogen (secondary N) is 1. The largest absolute Gasteiger partial charge is 0.481 e. The molecule has 5 heteroatoms. The Bertz CT molecular complexity index is 213. The van der Waals surface area contributed by atoms with Crippen molar-refractivity contribution in [2.75, 3.05) is 6.61 Å². The highest BCUT2D eigenvalue weighted by Crippen LogP contribution is 2.02. The van der Waals surface area contributed by atoms with E-state index in [9.17, 15) is 9.59 Å². The van der Waals surface area contributed by atoms with Crippen molar-refractivity contribution in [3.8, 4) is 0 Å². The summed E-state index contributed by atoms with van der Waals surface area (Å²) in [4.78, 5) is 21.3. The van der Waals surface area contributed by atoms with Crippen LogP contribution in [0.5, 0.6) is 0 Å². The molecule has 0 fully saturated rings. The third kappa shape index (κ3) is 6.42. The third-order valence-corrected chi connectivity index (χ3v) is 1.67.